The van der Waals surface area contributed by atoms with Gasteiger partial charge < -0.3 is 16.4 Å². The maximum absolute atomic E-state index is 12.7. The first-order valence-corrected chi connectivity index (χ1v) is 9.82. The lowest BCUT2D eigenvalue weighted by Gasteiger charge is -2.21. The quantitative estimate of drug-likeness (QED) is 0.524. The van der Waals surface area contributed by atoms with Crippen molar-refractivity contribution < 1.29 is 9.59 Å². The van der Waals surface area contributed by atoms with Gasteiger partial charge in [-0.25, -0.2) is 4.79 Å². The van der Waals surface area contributed by atoms with Crippen LogP contribution in [0.15, 0.2) is 71.2 Å². The summed E-state index contributed by atoms with van der Waals surface area (Å²) in [5.74, 6) is -0.167. The Morgan fingerprint density at radius 2 is 1.71 bits per heavy atom. The molecule has 28 heavy (non-hydrogen) atoms. The van der Waals surface area contributed by atoms with Gasteiger partial charge in [-0.3, -0.25) is 4.79 Å². The molecular formula is C22H22BrN3O2. The van der Waals surface area contributed by atoms with Gasteiger partial charge >= 0.3 is 6.03 Å². The fraction of sp³-hybridized carbons (Fsp3) is 0.182. The Hall–Kier alpha value is -2.86. The van der Waals surface area contributed by atoms with Crippen molar-refractivity contribution in [1.29, 1.82) is 0 Å². The molecular weight excluding hydrogens is 418 g/mol. The number of nitrogens with one attached hydrogen (secondary N) is 2. The molecule has 0 saturated carbocycles. The van der Waals surface area contributed by atoms with Crippen LogP contribution in [0.5, 0.6) is 0 Å². The molecule has 2 atom stereocenters. The summed E-state index contributed by atoms with van der Waals surface area (Å²) in [6, 6.07) is 20.2. The zero-order chi connectivity index (χ0) is 20.1. The van der Waals surface area contributed by atoms with Gasteiger partial charge in [0.2, 0.25) is 5.91 Å². The highest BCUT2D eigenvalue weighted by Gasteiger charge is 2.20. The standard InChI is InChI=1S/C22H22BrN3O2/c1-14(18-11-5-7-15-6-2-3-10-19(15)18)25-21(27)13-20(26-22(24)28)16-8-4-9-17(23)12-16/h2-12,14,20H,13H2,1H3,(H,25,27)(H3,24,26,28). The van der Waals surface area contributed by atoms with Gasteiger partial charge in [-0.2, -0.15) is 0 Å². The van der Waals surface area contributed by atoms with E-state index in [1.54, 1.807) is 0 Å². The van der Waals surface area contributed by atoms with E-state index in [1.165, 1.54) is 0 Å². The van der Waals surface area contributed by atoms with Crippen molar-refractivity contribution in [2.45, 2.75) is 25.4 Å². The van der Waals surface area contributed by atoms with Crippen molar-refractivity contribution in [2.75, 3.05) is 0 Å². The molecule has 6 heteroatoms. The highest BCUT2D eigenvalue weighted by Crippen LogP contribution is 2.25. The summed E-state index contributed by atoms with van der Waals surface area (Å²) in [4.78, 5) is 24.1. The molecule has 0 aliphatic rings. The highest BCUT2D eigenvalue weighted by atomic mass is 79.9. The summed E-state index contributed by atoms with van der Waals surface area (Å²) in [5, 5.41) is 7.92. The molecule has 0 bridgehead atoms. The van der Waals surface area contributed by atoms with Crippen LogP contribution in [0, 0.1) is 0 Å². The van der Waals surface area contributed by atoms with Crippen LogP contribution in [-0.4, -0.2) is 11.9 Å². The smallest absolute Gasteiger partial charge is 0.312 e. The number of hydrogen-bond donors (Lipinski definition) is 3. The van der Waals surface area contributed by atoms with Gasteiger partial charge in [-0.1, -0.05) is 70.5 Å². The maximum Gasteiger partial charge on any atom is 0.312 e. The summed E-state index contributed by atoms with van der Waals surface area (Å²) < 4.78 is 0.866. The minimum Gasteiger partial charge on any atom is -0.352 e. The number of amides is 3. The van der Waals surface area contributed by atoms with Crippen LogP contribution in [0.2, 0.25) is 0 Å². The number of fused-ring (bicyclic) bond motifs is 1. The molecule has 0 aliphatic heterocycles. The zero-order valence-electron chi connectivity index (χ0n) is 15.5. The van der Waals surface area contributed by atoms with Crippen molar-refractivity contribution in [2.24, 2.45) is 5.73 Å². The predicted octanol–water partition coefficient (Wildman–Crippen LogP) is 4.58. The Bertz CT molecular complexity index is 1000. The summed E-state index contributed by atoms with van der Waals surface area (Å²) in [7, 11) is 0. The van der Waals surface area contributed by atoms with Crippen molar-refractivity contribution in [3.63, 3.8) is 0 Å². The van der Waals surface area contributed by atoms with E-state index in [1.807, 2.05) is 73.7 Å². The van der Waals surface area contributed by atoms with Gasteiger partial charge in [-0.15, -0.1) is 0 Å². The van der Waals surface area contributed by atoms with Crippen molar-refractivity contribution in [3.05, 3.63) is 82.3 Å². The van der Waals surface area contributed by atoms with Gasteiger partial charge in [0.1, 0.15) is 0 Å². The number of primary amides is 1. The largest absolute Gasteiger partial charge is 0.352 e. The second-order valence-electron chi connectivity index (χ2n) is 6.68. The molecule has 0 aromatic heterocycles. The first-order chi connectivity index (χ1) is 13.4. The molecule has 0 spiro atoms. The number of rotatable bonds is 6. The van der Waals surface area contributed by atoms with E-state index < -0.39 is 12.1 Å². The fourth-order valence-corrected chi connectivity index (χ4v) is 3.76. The predicted molar refractivity (Wildman–Crippen MR) is 115 cm³/mol. The molecule has 2 unspecified atom stereocenters. The maximum atomic E-state index is 12.7. The lowest BCUT2D eigenvalue weighted by atomic mass is 9.99. The lowest BCUT2D eigenvalue weighted by molar-refractivity contribution is -0.122. The van der Waals surface area contributed by atoms with Gasteiger partial charge in [0.15, 0.2) is 0 Å². The average molecular weight is 440 g/mol. The van der Waals surface area contributed by atoms with Crippen LogP contribution in [0.3, 0.4) is 0 Å². The number of nitrogens with two attached hydrogens (primary N) is 1. The molecule has 4 N–H and O–H groups in total. The highest BCUT2D eigenvalue weighted by molar-refractivity contribution is 9.10. The Morgan fingerprint density at radius 1 is 1.00 bits per heavy atom. The molecule has 3 amide bonds. The third kappa shape index (κ3) is 4.89. The molecule has 5 nitrogen and oxygen atoms in total. The van der Waals surface area contributed by atoms with Crippen molar-refractivity contribution >= 4 is 38.6 Å². The van der Waals surface area contributed by atoms with Gasteiger partial charge in [0, 0.05) is 4.47 Å². The van der Waals surface area contributed by atoms with E-state index in [-0.39, 0.29) is 18.4 Å². The summed E-state index contributed by atoms with van der Waals surface area (Å²) >= 11 is 3.41. The van der Waals surface area contributed by atoms with Crippen LogP contribution in [0.4, 0.5) is 4.79 Å². The van der Waals surface area contributed by atoms with Gasteiger partial charge in [-0.05, 0) is 41.0 Å². The van der Waals surface area contributed by atoms with Gasteiger partial charge in [0.25, 0.3) is 0 Å². The molecule has 0 heterocycles. The van der Waals surface area contributed by atoms with Crippen LogP contribution in [-0.2, 0) is 4.79 Å². The fourth-order valence-electron chi connectivity index (χ4n) is 3.34. The lowest BCUT2D eigenvalue weighted by Crippen LogP contribution is -2.37. The second-order valence-corrected chi connectivity index (χ2v) is 7.59. The molecule has 0 saturated heterocycles. The van der Waals surface area contributed by atoms with Crippen LogP contribution in [0.1, 0.15) is 36.6 Å². The van der Waals surface area contributed by atoms with Crippen LogP contribution < -0.4 is 16.4 Å². The summed E-state index contributed by atoms with van der Waals surface area (Å²) in [5.41, 5.74) is 7.16. The normalized spacial score (nSPS) is 12.9. The van der Waals surface area contributed by atoms with E-state index in [0.29, 0.717) is 0 Å². The van der Waals surface area contributed by atoms with E-state index >= 15 is 0 Å². The summed E-state index contributed by atoms with van der Waals surface area (Å²) in [6.07, 6.45) is 0.0918. The first kappa shape index (κ1) is 19.9. The summed E-state index contributed by atoms with van der Waals surface area (Å²) in [6.45, 7) is 1.95. The van der Waals surface area contributed by atoms with Crippen molar-refractivity contribution in [3.8, 4) is 0 Å². The van der Waals surface area contributed by atoms with E-state index in [2.05, 4.69) is 26.6 Å². The monoisotopic (exact) mass is 439 g/mol. The minimum absolute atomic E-state index is 0.0918. The number of halogens is 1. The third-order valence-corrected chi connectivity index (χ3v) is 5.12. The van der Waals surface area contributed by atoms with E-state index in [0.717, 1.165) is 26.4 Å². The second kappa shape index (κ2) is 8.89. The zero-order valence-corrected chi connectivity index (χ0v) is 17.1. The number of carbonyl (C=O) groups is 2. The minimum atomic E-state index is -0.667. The topological polar surface area (TPSA) is 84.2 Å². The van der Waals surface area contributed by atoms with Crippen LogP contribution in [0.25, 0.3) is 10.8 Å². The molecule has 3 aromatic carbocycles. The molecule has 0 fully saturated rings. The van der Waals surface area contributed by atoms with Crippen LogP contribution >= 0.6 is 15.9 Å². The Morgan fingerprint density at radius 3 is 2.46 bits per heavy atom. The number of hydrogen-bond acceptors (Lipinski definition) is 2. The third-order valence-electron chi connectivity index (χ3n) is 4.62. The number of urea groups is 1. The first-order valence-electron chi connectivity index (χ1n) is 9.02. The molecule has 0 radical (unpaired) electrons. The van der Waals surface area contributed by atoms with E-state index in [4.69, 9.17) is 5.73 Å². The number of carbonyl (C=O) groups excluding carboxylic acids is 2. The average Bonchev–Trinajstić information content (AvgIpc) is 2.66. The van der Waals surface area contributed by atoms with E-state index in [9.17, 15) is 9.59 Å². The van der Waals surface area contributed by atoms with Crippen molar-refractivity contribution in [1.82, 2.24) is 10.6 Å². The molecule has 144 valence electrons. The SMILES string of the molecule is CC(NC(=O)CC(NC(N)=O)c1cccc(Br)c1)c1cccc2ccccc12. The molecule has 3 rings (SSSR count). The Labute approximate surface area is 172 Å². The van der Waals surface area contributed by atoms with Gasteiger partial charge in [0.05, 0.1) is 18.5 Å². The molecule has 3 aromatic rings. The Kier molecular flexibility index (Phi) is 6.31. The Balaban J connectivity index is 1.76. The molecule has 0 aliphatic carbocycles. The number of benzene rings is 3.